The molecule has 3 aromatic carbocycles. The molecule has 3 aromatic rings. The highest BCUT2D eigenvalue weighted by atomic mass is 16.5. The average Bonchev–Trinajstić information content (AvgIpc) is 2.53. The number of carbonyl (C=O) groups is 1. The highest BCUT2D eigenvalue weighted by Crippen LogP contribution is 2.29. The lowest BCUT2D eigenvalue weighted by Gasteiger charge is -2.09. The Morgan fingerprint density at radius 1 is 0.905 bits per heavy atom. The Bertz CT molecular complexity index is 819. The second kappa shape index (κ2) is 5.41. The van der Waals surface area contributed by atoms with Crippen LogP contribution in [0, 0.1) is 6.92 Å². The summed E-state index contributed by atoms with van der Waals surface area (Å²) in [6.07, 6.45) is 0.872. The Kier molecular flexibility index (Phi) is 3.44. The van der Waals surface area contributed by atoms with Crippen LogP contribution in [0.4, 0.5) is 0 Å². The number of fused-ring (bicyclic) bond motifs is 1. The van der Waals surface area contributed by atoms with E-state index in [4.69, 9.17) is 4.74 Å². The fourth-order valence-electron chi connectivity index (χ4n) is 2.56. The number of hydrogen-bond acceptors (Lipinski definition) is 2. The summed E-state index contributed by atoms with van der Waals surface area (Å²) >= 11 is 0. The van der Waals surface area contributed by atoms with Crippen LogP contribution in [-0.2, 0) is 0 Å². The maximum atomic E-state index is 11.3. The van der Waals surface area contributed by atoms with Crippen molar-refractivity contribution in [2.24, 2.45) is 0 Å². The molecule has 0 aromatic heterocycles. The van der Waals surface area contributed by atoms with E-state index in [0.29, 0.717) is 11.3 Å². The molecule has 104 valence electrons. The van der Waals surface area contributed by atoms with Gasteiger partial charge in [-0.2, -0.15) is 0 Å². The number of hydrogen-bond donors (Lipinski definition) is 0. The van der Waals surface area contributed by atoms with Crippen molar-refractivity contribution in [3.63, 3.8) is 0 Å². The zero-order chi connectivity index (χ0) is 14.8. The molecule has 0 aliphatic rings. The smallest absolute Gasteiger partial charge is 0.150 e. The van der Waals surface area contributed by atoms with E-state index in [1.54, 1.807) is 13.2 Å². The summed E-state index contributed by atoms with van der Waals surface area (Å²) in [6, 6.07) is 18.2. The van der Waals surface area contributed by atoms with E-state index in [1.807, 2.05) is 12.1 Å². The SMILES string of the molecule is COc1ccc(-c2ccc3cc(C)ccc3c2)c(C=O)c1. The van der Waals surface area contributed by atoms with Gasteiger partial charge in [0.15, 0.2) is 6.29 Å². The zero-order valence-corrected chi connectivity index (χ0v) is 12.1. The van der Waals surface area contributed by atoms with Crippen molar-refractivity contribution in [1.82, 2.24) is 0 Å². The molecule has 0 saturated heterocycles. The summed E-state index contributed by atoms with van der Waals surface area (Å²) in [5.41, 5.74) is 3.85. The Hall–Kier alpha value is -2.61. The summed E-state index contributed by atoms with van der Waals surface area (Å²) in [5.74, 6) is 0.692. The second-order valence-electron chi connectivity index (χ2n) is 5.14. The van der Waals surface area contributed by atoms with Gasteiger partial charge in [-0.1, -0.05) is 35.9 Å². The van der Waals surface area contributed by atoms with Crippen LogP contribution in [0.2, 0.25) is 0 Å². The van der Waals surface area contributed by atoms with Crippen LogP contribution >= 0.6 is 0 Å². The van der Waals surface area contributed by atoms with E-state index < -0.39 is 0 Å². The first-order chi connectivity index (χ1) is 10.2. The van der Waals surface area contributed by atoms with Gasteiger partial charge >= 0.3 is 0 Å². The van der Waals surface area contributed by atoms with Crippen molar-refractivity contribution < 1.29 is 9.53 Å². The number of rotatable bonds is 3. The van der Waals surface area contributed by atoms with Gasteiger partial charge in [-0.05, 0) is 53.1 Å². The summed E-state index contributed by atoms with van der Waals surface area (Å²) < 4.78 is 5.17. The van der Waals surface area contributed by atoms with E-state index >= 15 is 0 Å². The molecule has 0 radical (unpaired) electrons. The zero-order valence-electron chi connectivity index (χ0n) is 12.1. The van der Waals surface area contributed by atoms with Gasteiger partial charge in [-0.15, -0.1) is 0 Å². The van der Waals surface area contributed by atoms with Gasteiger partial charge in [0.05, 0.1) is 7.11 Å². The molecule has 0 atom stereocenters. The monoisotopic (exact) mass is 276 g/mol. The summed E-state index contributed by atoms with van der Waals surface area (Å²) in [4.78, 5) is 11.3. The lowest BCUT2D eigenvalue weighted by atomic mass is 9.97. The molecular weight excluding hydrogens is 260 g/mol. The summed E-state index contributed by atoms with van der Waals surface area (Å²) in [7, 11) is 1.60. The van der Waals surface area contributed by atoms with Gasteiger partial charge < -0.3 is 4.74 Å². The number of carbonyl (C=O) groups excluding carboxylic acids is 1. The minimum absolute atomic E-state index is 0.640. The maximum absolute atomic E-state index is 11.3. The van der Waals surface area contributed by atoms with E-state index in [9.17, 15) is 4.79 Å². The fourth-order valence-corrected chi connectivity index (χ4v) is 2.56. The van der Waals surface area contributed by atoms with E-state index in [1.165, 1.54) is 16.3 Å². The fraction of sp³-hybridized carbons (Fsp3) is 0.105. The highest BCUT2D eigenvalue weighted by molar-refractivity contribution is 5.93. The molecule has 0 fully saturated rings. The van der Waals surface area contributed by atoms with Crippen LogP contribution in [0.3, 0.4) is 0 Å². The first-order valence-corrected chi connectivity index (χ1v) is 6.85. The third-order valence-electron chi connectivity index (χ3n) is 3.69. The number of aldehydes is 1. The van der Waals surface area contributed by atoms with Crippen molar-refractivity contribution in [1.29, 1.82) is 0 Å². The van der Waals surface area contributed by atoms with Crippen molar-refractivity contribution >= 4 is 17.1 Å². The predicted molar refractivity (Wildman–Crippen MR) is 86.1 cm³/mol. The van der Waals surface area contributed by atoms with Gasteiger partial charge in [0.25, 0.3) is 0 Å². The minimum atomic E-state index is 0.640. The molecule has 2 nitrogen and oxygen atoms in total. The third-order valence-corrected chi connectivity index (χ3v) is 3.69. The molecule has 0 bridgehead atoms. The van der Waals surface area contributed by atoms with Crippen molar-refractivity contribution in [2.75, 3.05) is 7.11 Å². The molecule has 0 heterocycles. The third kappa shape index (κ3) is 2.52. The maximum Gasteiger partial charge on any atom is 0.150 e. The largest absolute Gasteiger partial charge is 0.497 e. The van der Waals surface area contributed by atoms with Crippen molar-refractivity contribution in [3.05, 3.63) is 65.7 Å². The quantitative estimate of drug-likeness (QED) is 0.652. The first-order valence-electron chi connectivity index (χ1n) is 6.85. The van der Waals surface area contributed by atoms with Crippen LogP contribution in [0.25, 0.3) is 21.9 Å². The molecule has 0 unspecified atom stereocenters. The lowest BCUT2D eigenvalue weighted by molar-refractivity contribution is 0.112. The first kappa shape index (κ1) is 13.4. The topological polar surface area (TPSA) is 26.3 Å². The van der Waals surface area contributed by atoms with Crippen LogP contribution < -0.4 is 4.74 Å². The average molecular weight is 276 g/mol. The van der Waals surface area contributed by atoms with Crippen LogP contribution in [0.1, 0.15) is 15.9 Å². The lowest BCUT2D eigenvalue weighted by Crippen LogP contribution is -1.90. The number of methoxy groups -OCH3 is 1. The van der Waals surface area contributed by atoms with Gasteiger partial charge in [0.2, 0.25) is 0 Å². The van der Waals surface area contributed by atoms with Crippen LogP contribution in [0.15, 0.2) is 54.6 Å². The van der Waals surface area contributed by atoms with Crippen molar-refractivity contribution in [2.45, 2.75) is 6.92 Å². The standard InChI is InChI=1S/C19H16O2/c1-13-3-4-15-10-16(6-5-14(15)9-13)19-8-7-18(21-2)11-17(19)12-20/h3-12H,1-2H3. The van der Waals surface area contributed by atoms with Gasteiger partial charge in [0, 0.05) is 5.56 Å². The molecule has 0 N–H and O–H groups in total. The summed E-state index contributed by atoms with van der Waals surface area (Å²) in [5, 5.41) is 2.38. The molecule has 0 spiro atoms. The minimum Gasteiger partial charge on any atom is -0.497 e. The van der Waals surface area contributed by atoms with Gasteiger partial charge in [-0.3, -0.25) is 4.79 Å². The van der Waals surface area contributed by atoms with Gasteiger partial charge in [-0.25, -0.2) is 0 Å². The van der Waals surface area contributed by atoms with Crippen molar-refractivity contribution in [3.8, 4) is 16.9 Å². The summed E-state index contributed by atoms with van der Waals surface area (Å²) in [6.45, 7) is 2.08. The Morgan fingerprint density at radius 2 is 1.67 bits per heavy atom. The van der Waals surface area contributed by atoms with Crippen LogP contribution in [-0.4, -0.2) is 13.4 Å². The van der Waals surface area contributed by atoms with Crippen LogP contribution in [0.5, 0.6) is 5.75 Å². The highest BCUT2D eigenvalue weighted by Gasteiger charge is 2.07. The Labute approximate surface area is 124 Å². The molecule has 21 heavy (non-hydrogen) atoms. The molecular formula is C19H16O2. The van der Waals surface area contributed by atoms with E-state index in [0.717, 1.165) is 17.4 Å². The second-order valence-corrected chi connectivity index (χ2v) is 5.14. The number of benzene rings is 3. The van der Waals surface area contributed by atoms with Gasteiger partial charge in [0.1, 0.15) is 5.75 Å². The number of aryl methyl sites for hydroxylation is 1. The molecule has 0 saturated carbocycles. The number of ether oxygens (including phenoxy) is 1. The Morgan fingerprint density at radius 3 is 2.43 bits per heavy atom. The Balaban J connectivity index is 2.16. The van der Waals surface area contributed by atoms with E-state index in [-0.39, 0.29) is 0 Å². The molecule has 0 aliphatic heterocycles. The van der Waals surface area contributed by atoms with E-state index in [2.05, 4.69) is 43.3 Å². The normalized spacial score (nSPS) is 10.6. The molecule has 2 heteroatoms. The molecule has 3 rings (SSSR count). The molecule has 0 amide bonds. The molecule has 0 aliphatic carbocycles. The predicted octanol–water partition coefficient (Wildman–Crippen LogP) is 4.64.